The lowest BCUT2D eigenvalue weighted by Crippen LogP contribution is -1.99. The number of hydrogen-bond acceptors (Lipinski definition) is 2. The number of hydrogen-bond donors (Lipinski definition) is 0. The molecule has 64 valence electrons. The van der Waals surface area contributed by atoms with Crippen molar-refractivity contribution < 1.29 is 4.79 Å². The molecule has 2 heterocycles. The minimum absolute atomic E-state index is 0.453. The van der Waals surface area contributed by atoms with Crippen LogP contribution in [0.1, 0.15) is 10.5 Å². The first-order chi connectivity index (χ1) is 6.36. The van der Waals surface area contributed by atoms with E-state index in [-0.39, 0.29) is 0 Å². The van der Waals surface area contributed by atoms with Crippen LogP contribution < -0.4 is 0 Å². The maximum atomic E-state index is 10.7. The summed E-state index contributed by atoms with van der Waals surface area (Å²) in [6.45, 7) is 0.453. The number of aldehydes is 1. The lowest BCUT2D eigenvalue weighted by Gasteiger charge is -1.99. The minimum Gasteiger partial charge on any atom is -0.326 e. The van der Waals surface area contributed by atoms with Crippen molar-refractivity contribution in [3.8, 4) is 12.3 Å². The zero-order valence-electron chi connectivity index (χ0n) is 6.86. The molecule has 3 heteroatoms. The highest BCUT2D eigenvalue weighted by molar-refractivity contribution is 7.17. The number of nitrogens with zero attached hydrogens (tertiary/aromatic N) is 1. The molecule has 2 rings (SSSR count). The van der Waals surface area contributed by atoms with Gasteiger partial charge >= 0.3 is 0 Å². The molecule has 0 fully saturated rings. The number of carbonyl (C=O) groups is 1. The summed E-state index contributed by atoms with van der Waals surface area (Å²) >= 11 is 1.62. The predicted molar refractivity (Wildman–Crippen MR) is 54.0 cm³/mol. The van der Waals surface area contributed by atoms with Gasteiger partial charge in [0.1, 0.15) is 0 Å². The molecule has 0 atom stereocenters. The lowest BCUT2D eigenvalue weighted by atomic mass is 10.4. The van der Waals surface area contributed by atoms with Crippen LogP contribution in [-0.2, 0) is 6.54 Å². The summed E-state index contributed by atoms with van der Waals surface area (Å²) in [6, 6.07) is 3.84. The van der Waals surface area contributed by atoms with E-state index in [1.165, 1.54) is 0 Å². The Morgan fingerprint density at radius 3 is 3.23 bits per heavy atom. The van der Waals surface area contributed by atoms with Crippen molar-refractivity contribution in [2.45, 2.75) is 6.54 Å². The Balaban J connectivity index is 2.71. The van der Waals surface area contributed by atoms with Gasteiger partial charge in [0.15, 0.2) is 6.29 Å². The van der Waals surface area contributed by atoms with Gasteiger partial charge < -0.3 is 4.57 Å². The van der Waals surface area contributed by atoms with Gasteiger partial charge in [-0.05, 0) is 17.5 Å². The molecule has 2 nitrogen and oxygen atoms in total. The van der Waals surface area contributed by atoms with Crippen LogP contribution in [0.5, 0.6) is 0 Å². The Labute approximate surface area is 79.8 Å². The molecule has 0 radical (unpaired) electrons. The van der Waals surface area contributed by atoms with E-state index in [4.69, 9.17) is 6.42 Å². The van der Waals surface area contributed by atoms with Crippen molar-refractivity contribution in [2.24, 2.45) is 0 Å². The van der Waals surface area contributed by atoms with Gasteiger partial charge in [0.25, 0.3) is 0 Å². The molecular weight excluding hydrogens is 182 g/mol. The molecule has 2 aromatic rings. The van der Waals surface area contributed by atoms with E-state index in [1.54, 1.807) is 11.3 Å². The van der Waals surface area contributed by atoms with E-state index < -0.39 is 0 Å². The molecule has 0 aliphatic heterocycles. The van der Waals surface area contributed by atoms with E-state index in [9.17, 15) is 4.79 Å². The number of thiophene rings is 1. The van der Waals surface area contributed by atoms with Crippen molar-refractivity contribution in [1.82, 2.24) is 4.57 Å². The van der Waals surface area contributed by atoms with E-state index in [2.05, 4.69) is 5.92 Å². The molecule has 0 spiro atoms. The van der Waals surface area contributed by atoms with Crippen LogP contribution in [0.4, 0.5) is 0 Å². The summed E-state index contributed by atoms with van der Waals surface area (Å²) in [5.74, 6) is 2.54. The average molecular weight is 189 g/mol. The monoisotopic (exact) mass is 189 g/mol. The first kappa shape index (κ1) is 8.09. The number of fused-ring (bicyclic) bond motifs is 1. The summed E-state index contributed by atoms with van der Waals surface area (Å²) < 4.78 is 2.95. The number of carbonyl (C=O) groups excluding carboxylic acids is 1. The molecule has 0 aliphatic rings. The molecule has 0 N–H and O–H groups in total. The van der Waals surface area contributed by atoms with Gasteiger partial charge in [0.2, 0.25) is 0 Å². The predicted octanol–water partition coefficient (Wildman–Crippen LogP) is 2.15. The van der Waals surface area contributed by atoms with Gasteiger partial charge in [0, 0.05) is 0 Å². The fourth-order valence-corrected chi connectivity index (χ4v) is 2.19. The van der Waals surface area contributed by atoms with E-state index in [0.717, 1.165) is 16.5 Å². The number of aromatic nitrogens is 1. The van der Waals surface area contributed by atoms with Crippen LogP contribution in [0.15, 0.2) is 17.5 Å². The molecule has 0 saturated carbocycles. The molecule has 0 unspecified atom stereocenters. The lowest BCUT2D eigenvalue weighted by molar-refractivity contribution is 0.111. The van der Waals surface area contributed by atoms with Crippen molar-refractivity contribution in [1.29, 1.82) is 0 Å². The van der Waals surface area contributed by atoms with Crippen LogP contribution in [0.3, 0.4) is 0 Å². The van der Waals surface area contributed by atoms with Gasteiger partial charge in [-0.1, -0.05) is 5.92 Å². The summed E-state index contributed by atoms with van der Waals surface area (Å²) in [5.41, 5.74) is 1.70. The van der Waals surface area contributed by atoms with Gasteiger partial charge in [-0.15, -0.1) is 17.8 Å². The smallest absolute Gasteiger partial charge is 0.166 e. The Kier molecular flexibility index (Phi) is 1.91. The first-order valence-corrected chi connectivity index (χ1v) is 4.70. The van der Waals surface area contributed by atoms with Crippen molar-refractivity contribution in [3.05, 3.63) is 23.2 Å². The molecule has 0 aliphatic carbocycles. The third-order valence-electron chi connectivity index (χ3n) is 1.92. The van der Waals surface area contributed by atoms with E-state index >= 15 is 0 Å². The number of rotatable bonds is 2. The largest absolute Gasteiger partial charge is 0.326 e. The summed E-state index contributed by atoms with van der Waals surface area (Å²) in [6.07, 6.45) is 6.06. The first-order valence-electron chi connectivity index (χ1n) is 3.82. The fourth-order valence-electron chi connectivity index (χ4n) is 1.36. The topological polar surface area (TPSA) is 22.0 Å². The highest BCUT2D eigenvalue weighted by Crippen LogP contribution is 2.24. The van der Waals surface area contributed by atoms with Crippen LogP contribution in [0.25, 0.3) is 10.2 Å². The molecular formula is C10H7NOS. The van der Waals surface area contributed by atoms with Crippen molar-refractivity contribution in [3.63, 3.8) is 0 Å². The highest BCUT2D eigenvalue weighted by Gasteiger charge is 2.07. The molecule has 13 heavy (non-hydrogen) atoms. The zero-order valence-corrected chi connectivity index (χ0v) is 7.67. The second-order valence-corrected chi connectivity index (χ2v) is 3.60. The van der Waals surface area contributed by atoms with Gasteiger partial charge in [-0.25, -0.2) is 0 Å². The Morgan fingerprint density at radius 2 is 2.54 bits per heavy atom. The quantitative estimate of drug-likeness (QED) is 0.524. The average Bonchev–Trinajstić information content (AvgIpc) is 2.67. The fraction of sp³-hybridized carbons (Fsp3) is 0.100. The second-order valence-electron chi connectivity index (χ2n) is 2.65. The molecule has 0 saturated heterocycles. The third-order valence-corrected chi connectivity index (χ3v) is 2.78. The summed E-state index contributed by atoms with van der Waals surface area (Å²) in [5, 5.41) is 1.99. The van der Waals surface area contributed by atoms with Crippen molar-refractivity contribution in [2.75, 3.05) is 0 Å². The van der Waals surface area contributed by atoms with Gasteiger partial charge in [-0.2, -0.15) is 0 Å². The maximum Gasteiger partial charge on any atom is 0.166 e. The highest BCUT2D eigenvalue weighted by atomic mass is 32.1. The van der Waals surface area contributed by atoms with Crippen molar-refractivity contribution >= 4 is 27.8 Å². The molecule has 0 amide bonds. The van der Waals surface area contributed by atoms with Crippen LogP contribution in [0.2, 0.25) is 0 Å². The number of terminal acetylenes is 1. The Hall–Kier alpha value is -1.53. The van der Waals surface area contributed by atoms with E-state index in [0.29, 0.717) is 12.2 Å². The normalized spacial score (nSPS) is 10.1. The molecule has 0 bridgehead atoms. The molecule has 0 aromatic carbocycles. The van der Waals surface area contributed by atoms with E-state index in [1.807, 2.05) is 22.1 Å². The Morgan fingerprint density at radius 1 is 1.69 bits per heavy atom. The third kappa shape index (κ3) is 1.16. The van der Waals surface area contributed by atoms with Crippen LogP contribution in [-0.4, -0.2) is 10.9 Å². The minimum atomic E-state index is 0.453. The van der Waals surface area contributed by atoms with Crippen LogP contribution in [0, 0.1) is 12.3 Å². The summed E-state index contributed by atoms with van der Waals surface area (Å²) in [4.78, 5) is 10.7. The van der Waals surface area contributed by atoms with Gasteiger partial charge in [0.05, 0.1) is 22.5 Å². The Bertz CT molecular complexity index is 486. The van der Waals surface area contributed by atoms with Gasteiger partial charge in [-0.3, -0.25) is 4.79 Å². The standard InChI is InChI=1S/C10H7NOS/c1-2-4-11-8(7-12)6-10-9(11)3-5-13-10/h1,3,5-7H,4H2. The van der Waals surface area contributed by atoms with Crippen LogP contribution >= 0.6 is 11.3 Å². The summed E-state index contributed by atoms with van der Waals surface area (Å²) in [7, 11) is 0. The molecule has 2 aromatic heterocycles. The second kappa shape index (κ2) is 3.08. The zero-order chi connectivity index (χ0) is 9.26. The SMILES string of the molecule is C#CCn1c(C=O)cc2sccc21. The maximum absolute atomic E-state index is 10.7.